The summed E-state index contributed by atoms with van der Waals surface area (Å²) in [7, 11) is 1.55. The third-order valence-corrected chi connectivity index (χ3v) is 12.7. The van der Waals surface area contributed by atoms with Crippen LogP contribution >= 0.6 is 23.1 Å². The van der Waals surface area contributed by atoms with E-state index in [1.165, 1.54) is 17.0 Å². The molecule has 4 aromatic rings. The molecule has 0 radical (unpaired) electrons. The maximum absolute atomic E-state index is 14.0. The van der Waals surface area contributed by atoms with E-state index in [2.05, 4.69) is 10.3 Å². The average Bonchev–Trinajstić information content (AvgIpc) is 3.82. The van der Waals surface area contributed by atoms with Crippen molar-refractivity contribution in [1.82, 2.24) is 4.98 Å². The molecule has 3 heterocycles. The highest BCUT2D eigenvalue weighted by Crippen LogP contribution is 2.68. The summed E-state index contributed by atoms with van der Waals surface area (Å²) in [5, 5.41) is 3.24. The van der Waals surface area contributed by atoms with Gasteiger partial charge in [-0.2, -0.15) is 13.2 Å². The maximum atomic E-state index is 14.0. The number of aromatic amines is 1. The standard InChI is InChI=1S/C35H28F3N3O6S2/c1-46-20-11-7-19(8-12-20)41-32(43)27-22-14-23(28(27)33(41)44)29-26(22)25(30-31(48-29)40-34(45)49-30)16-5-9-21(10-6-16)47-15-24(42)39-18-4-2-3-17(13-18)35(36,37)38/h2-13,22-23,25-29H,14-15H2,1H3,(H,39,42)(H,40,45)/t22?,23?,25-,26?,27?,28?,29?/m1/s1. The molecule has 3 amide bonds. The zero-order valence-corrected chi connectivity index (χ0v) is 27.4. The average molecular weight is 708 g/mol. The lowest BCUT2D eigenvalue weighted by molar-refractivity contribution is -0.137. The molecule has 2 N–H and O–H groups in total. The first-order valence-corrected chi connectivity index (χ1v) is 17.3. The van der Waals surface area contributed by atoms with Crippen molar-refractivity contribution in [2.75, 3.05) is 23.9 Å². The summed E-state index contributed by atoms with van der Waals surface area (Å²) in [6, 6.07) is 18.5. The second-order valence-electron chi connectivity index (χ2n) is 12.7. The van der Waals surface area contributed by atoms with Crippen molar-refractivity contribution in [2.45, 2.75) is 28.8 Å². The van der Waals surface area contributed by atoms with Crippen LogP contribution in [0.3, 0.4) is 0 Å². The number of amides is 3. The first kappa shape index (κ1) is 31.7. The molecule has 2 bridgehead atoms. The van der Waals surface area contributed by atoms with E-state index in [-0.39, 0.29) is 51.3 Å². The van der Waals surface area contributed by atoms with Gasteiger partial charge in [0.1, 0.15) is 11.5 Å². The van der Waals surface area contributed by atoms with Crippen LogP contribution < -0.4 is 24.6 Å². The predicted molar refractivity (Wildman–Crippen MR) is 176 cm³/mol. The van der Waals surface area contributed by atoms with E-state index in [4.69, 9.17) is 9.47 Å². The van der Waals surface area contributed by atoms with Gasteiger partial charge >= 0.3 is 11.0 Å². The number of anilines is 2. The monoisotopic (exact) mass is 707 g/mol. The number of rotatable bonds is 7. The third kappa shape index (κ3) is 5.32. The number of thioether (sulfide) groups is 1. The quantitative estimate of drug-likeness (QED) is 0.221. The van der Waals surface area contributed by atoms with Gasteiger partial charge in [-0.3, -0.25) is 24.1 Å². The molecule has 3 fully saturated rings. The Morgan fingerprint density at radius 1 is 0.959 bits per heavy atom. The van der Waals surface area contributed by atoms with Crippen LogP contribution in [0.5, 0.6) is 11.5 Å². The van der Waals surface area contributed by atoms with E-state index in [9.17, 15) is 32.3 Å². The lowest BCUT2D eigenvalue weighted by atomic mass is 9.68. The zero-order chi connectivity index (χ0) is 34.2. The van der Waals surface area contributed by atoms with Crippen molar-refractivity contribution < 1.29 is 37.0 Å². The smallest absolute Gasteiger partial charge is 0.416 e. The lowest BCUT2D eigenvalue weighted by Gasteiger charge is -2.43. The van der Waals surface area contributed by atoms with E-state index in [0.29, 0.717) is 17.2 Å². The molecule has 14 heteroatoms. The molecule has 7 atom stereocenters. The number of halogens is 3. The predicted octanol–water partition coefficient (Wildman–Crippen LogP) is 6.16. The summed E-state index contributed by atoms with van der Waals surface area (Å²) >= 11 is 2.76. The number of ether oxygens (including phenoxy) is 2. The molecule has 9 nitrogen and oxygen atoms in total. The number of methoxy groups -OCH3 is 1. The molecule has 2 saturated carbocycles. The number of H-pyrrole nitrogens is 1. The van der Waals surface area contributed by atoms with E-state index in [1.807, 2.05) is 12.1 Å². The molecule has 2 aliphatic carbocycles. The lowest BCUT2D eigenvalue weighted by Crippen LogP contribution is -2.42. The number of carbonyl (C=O) groups is 3. The van der Waals surface area contributed by atoms with Crippen LogP contribution in [0.25, 0.3) is 0 Å². The molecule has 1 aromatic heterocycles. The van der Waals surface area contributed by atoms with Gasteiger partial charge in [-0.15, -0.1) is 11.8 Å². The van der Waals surface area contributed by atoms with Crippen molar-refractivity contribution in [1.29, 1.82) is 0 Å². The SMILES string of the molecule is COc1ccc(N2C(=O)C3C4CC(C3C2=O)C2C4Sc3[nH]c(=O)sc3[C@@H]2c2ccc(OCC(=O)Nc3cccc(C(F)(F)F)c3)cc2)cc1. The second-order valence-corrected chi connectivity index (χ2v) is 14.9. The number of imide groups is 1. The summed E-state index contributed by atoms with van der Waals surface area (Å²) in [5.74, 6) is -1.10. The van der Waals surface area contributed by atoms with E-state index < -0.39 is 36.1 Å². The number of hydrogen-bond acceptors (Lipinski definition) is 8. The fourth-order valence-corrected chi connectivity index (χ4v) is 11.2. The van der Waals surface area contributed by atoms with Gasteiger partial charge in [0.15, 0.2) is 6.61 Å². The number of aromatic nitrogens is 1. The molecular formula is C35H28F3N3O6S2. The number of hydrogen-bond donors (Lipinski definition) is 2. The normalized spacial score (nSPS) is 26.7. The molecule has 6 unspecified atom stereocenters. The molecule has 8 rings (SSSR count). The summed E-state index contributed by atoms with van der Waals surface area (Å²) < 4.78 is 50.0. The largest absolute Gasteiger partial charge is 0.497 e. The first-order valence-electron chi connectivity index (χ1n) is 15.6. The third-order valence-electron chi connectivity index (χ3n) is 10.1. The van der Waals surface area contributed by atoms with Gasteiger partial charge < -0.3 is 19.8 Å². The highest BCUT2D eigenvalue weighted by molar-refractivity contribution is 8.00. The Hall–Kier alpha value is -4.56. The molecule has 49 heavy (non-hydrogen) atoms. The highest BCUT2D eigenvalue weighted by atomic mass is 32.2. The minimum atomic E-state index is -4.53. The van der Waals surface area contributed by atoms with Crippen LogP contribution in [0.15, 0.2) is 82.6 Å². The molecular weight excluding hydrogens is 680 g/mol. The molecule has 3 aromatic carbocycles. The fraction of sp³-hybridized carbons (Fsp3) is 0.314. The van der Waals surface area contributed by atoms with Gasteiger partial charge in [0.25, 0.3) is 5.91 Å². The molecule has 252 valence electrons. The summed E-state index contributed by atoms with van der Waals surface area (Å²) in [5.41, 5.74) is 0.581. The number of nitrogens with one attached hydrogen (secondary N) is 2. The Morgan fingerprint density at radius 2 is 1.65 bits per heavy atom. The summed E-state index contributed by atoms with van der Waals surface area (Å²) in [6.45, 7) is -0.419. The van der Waals surface area contributed by atoms with E-state index in [1.54, 1.807) is 55.3 Å². The van der Waals surface area contributed by atoms with Crippen molar-refractivity contribution >= 4 is 52.2 Å². The van der Waals surface area contributed by atoms with Gasteiger partial charge in [-0.05, 0) is 84.3 Å². The maximum Gasteiger partial charge on any atom is 0.416 e. The van der Waals surface area contributed by atoms with Crippen molar-refractivity contribution in [3.8, 4) is 11.5 Å². The number of benzene rings is 3. The number of thiazole rings is 1. The Kier molecular flexibility index (Phi) is 7.63. The van der Waals surface area contributed by atoms with Crippen LogP contribution in [-0.2, 0) is 20.6 Å². The number of nitrogens with zero attached hydrogens (tertiary/aromatic N) is 1. The fourth-order valence-electron chi connectivity index (χ4n) is 8.27. The highest BCUT2D eigenvalue weighted by Gasteiger charge is 2.69. The van der Waals surface area contributed by atoms with Gasteiger partial charge in [0.2, 0.25) is 11.8 Å². The van der Waals surface area contributed by atoms with Crippen molar-refractivity contribution in [2.24, 2.45) is 29.6 Å². The summed E-state index contributed by atoms with van der Waals surface area (Å²) in [6.07, 6.45) is -3.78. The molecule has 4 aliphatic rings. The number of fused-ring (bicyclic) bond motifs is 9. The van der Waals surface area contributed by atoms with E-state index >= 15 is 0 Å². The Morgan fingerprint density at radius 3 is 2.35 bits per heavy atom. The van der Waals surface area contributed by atoms with Gasteiger partial charge in [-0.25, -0.2) is 0 Å². The van der Waals surface area contributed by atoms with Crippen LogP contribution in [0.4, 0.5) is 24.5 Å². The Labute approximate surface area is 285 Å². The molecule has 1 saturated heterocycles. The van der Waals surface area contributed by atoms with Gasteiger partial charge in [-0.1, -0.05) is 29.5 Å². The number of alkyl halides is 3. The minimum Gasteiger partial charge on any atom is -0.497 e. The molecule has 2 aliphatic heterocycles. The van der Waals surface area contributed by atoms with Gasteiger partial charge in [0.05, 0.1) is 35.2 Å². The number of carbonyl (C=O) groups excluding carboxylic acids is 3. The van der Waals surface area contributed by atoms with Gasteiger partial charge in [0, 0.05) is 21.7 Å². The Balaban J connectivity index is 1.02. The zero-order valence-electron chi connectivity index (χ0n) is 25.7. The topological polar surface area (TPSA) is 118 Å². The minimum absolute atomic E-state index is 0.00691. The van der Waals surface area contributed by atoms with Crippen LogP contribution in [0, 0.1) is 29.6 Å². The molecule has 0 spiro atoms. The first-order chi connectivity index (χ1) is 23.5. The van der Waals surface area contributed by atoms with Crippen LogP contribution in [-0.4, -0.2) is 41.7 Å². The second kappa shape index (κ2) is 11.8. The van der Waals surface area contributed by atoms with Crippen molar-refractivity contribution in [3.63, 3.8) is 0 Å². The summed E-state index contributed by atoms with van der Waals surface area (Å²) in [4.78, 5) is 57.9. The van der Waals surface area contributed by atoms with Crippen molar-refractivity contribution in [3.05, 3.63) is 98.5 Å². The van der Waals surface area contributed by atoms with E-state index in [0.717, 1.165) is 45.4 Å². The Bertz CT molecular complexity index is 2030. The van der Waals surface area contributed by atoms with Crippen LogP contribution in [0.2, 0.25) is 0 Å². The van der Waals surface area contributed by atoms with Crippen LogP contribution in [0.1, 0.15) is 28.3 Å².